The lowest BCUT2D eigenvalue weighted by molar-refractivity contribution is 0.0641. The number of benzene rings is 2. The van der Waals surface area contributed by atoms with Gasteiger partial charge in [-0.1, -0.05) is 50.6 Å². The van der Waals surface area contributed by atoms with E-state index < -0.39 is 21.8 Å². The SMILES string of the molecule is CC(C)(C)c1ccc(S(=O)(=O)Nc2ccc(Cl)c3c2C(=O)N(Cc2ccccn2)C3=O)cc1. The molecule has 1 aliphatic rings. The van der Waals surface area contributed by atoms with Crippen molar-refractivity contribution >= 4 is 39.1 Å². The van der Waals surface area contributed by atoms with Crippen LogP contribution in [0.15, 0.2) is 65.7 Å². The molecule has 4 rings (SSSR count). The maximum absolute atomic E-state index is 13.1. The number of fused-ring (bicyclic) bond motifs is 1. The van der Waals surface area contributed by atoms with E-state index in [9.17, 15) is 18.0 Å². The van der Waals surface area contributed by atoms with E-state index in [1.165, 1.54) is 24.3 Å². The number of anilines is 1. The van der Waals surface area contributed by atoms with Gasteiger partial charge in [0.05, 0.1) is 39.0 Å². The molecule has 1 aliphatic heterocycles. The molecule has 170 valence electrons. The van der Waals surface area contributed by atoms with Gasteiger partial charge in [0.15, 0.2) is 0 Å². The van der Waals surface area contributed by atoms with Gasteiger partial charge in [0.25, 0.3) is 21.8 Å². The zero-order valence-electron chi connectivity index (χ0n) is 18.3. The van der Waals surface area contributed by atoms with Crippen LogP contribution in [0.5, 0.6) is 0 Å². The molecule has 0 atom stereocenters. The first-order chi connectivity index (χ1) is 15.5. The number of carbonyl (C=O) groups is 2. The Kier molecular flexibility index (Phi) is 5.76. The van der Waals surface area contributed by atoms with Crippen molar-refractivity contribution in [1.82, 2.24) is 9.88 Å². The largest absolute Gasteiger partial charge is 0.279 e. The zero-order valence-corrected chi connectivity index (χ0v) is 19.9. The van der Waals surface area contributed by atoms with Crippen molar-refractivity contribution in [3.05, 3.63) is 88.2 Å². The molecular formula is C24H22ClN3O4S. The van der Waals surface area contributed by atoms with Gasteiger partial charge >= 0.3 is 0 Å². The molecule has 9 heteroatoms. The van der Waals surface area contributed by atoms with Gasteiger partial charge in [-0.15, -0.1) is 0 Å². The minimum Gasteiger partial charge on any atom is -0.279 e. The Morgan fingerprint density at radius 3 is 2.21 bits per heavy atom. The Bertz CT molecular complexity index is 1350. The van der Waals surface area contributed by atoms with E-state index in [4.69, 9.17) is 11.6 Å². The van der Waals surface area contributed by atoms with Crippen molar-refractivity contribution in [2.24, 2.45) is 0 Å². The summed E-state index contributed by atoms with van der Waals surface area (Å²) in [6.07, 6.45) is 1.56. The molecule has 0 spiro atoms. The predicted octanol–water partition coefficient (Wildman–Crippen LogP) is 4.63. The minimum atomic E-state index is -4.01. The number of nitrogens with zero attached hydrogens (tertiary/aromatic N) is 2. The van der Waals surface area contributed by atoms with Crippen LogP contribution in [0, 0.1) is 0 Å². The van der Waals surface area contributed by atoms with Crippen molar-refractivity contribution in [2.75, 3.05) is 4.72 Å². The minimum absolute atomic E-state index is 0.00355. The van der Waals surface area contributed by atoms with E-state index in [-0.39, 0.29) is 38.7 Å². The highest BCUT2D eigenvalue weighted by Crippen LogP contribution is 2.36. The third-order valence-corrected chi connectivity index (χ3v) is 7.09. The lowest BCUT2D eigenvalue weighted by Crippen LogP contribution is -2.29. The number of hydrogen-bond acceptors (Lipinski definition) is 5. The van der Waals surface area contributed by atoms with E-state index in [1.807, 2.05) is 20.8 Å². The Morgan fingerprint density at radius 1 is 0.939 bits per heavy atom. The van der Waals surface area contributed by atoms with Crippen molar-refractivity contribution < 1.29 is 18.0 Å². The van der Waals surface area contributed by atoms with Crippen LogP contribution < -0.4 is 4.72 Å². The summed E-state index contributed by atoms with van der Waals surface area (Å²) >= 11 is 6.23. The lowest BCUT2D eigenvalue weighted by atomic mass is 9.87. The smallest absolute Gasteiger partial charge is 0.264 e. The van der Waals surface area contributed by atoms with Crippen LogP contribution in [-0.4, -0.2) is 30.1 Å². The van der Waals surface area contributed by atoms with Crippen LogP contribution in [0.4, 0.5) is 5.69 Å². The molecular weight excluding hydrogens is 462 g/mol. The van der Waals surface area contributed by atoms with Gasteiger partial charge in [-0.3, -0.25) is 24.2 Å². The highest BCUT2D eigenvalue weighted by atomic mass is 35.5. The molecule has 33 heavy (non-hydrogen) atoms. The first-order valence-electron chi connectivity index (χ1n) is 10.2. The second-order valence-corrected chi connectivity index (χ2v) is 10.8. The zero-order chi connectivity index (χ0) is 24.0. The Balaban J connectivity index is 1.68. The fourth-order valence-electron chi connectivity index (χ4n) is 3.59. The van der Waals surface area contributed by atoms with Crippen LogP contribution in [0.2, 0.25) is 5.02 Å². The summed E-state index contributed by atoms with van der Waals surface area (Å²) in [5.74, 6) is -1.23. The van der Waals surface area contributed by atoms with Crippen LogP contribution >= 0.6 is 11.6 Å². The normalized spacial score (nSPS) is 13.9. The molecule has 1 aromatic heterocycles. The molecule has 1 N–H and O–H groups in total. The maximum Gasteiger partial charge on any atom is 0.264 e. The number of halogens is 1. The molecule has 3 aromatic rings. The molecule has 7 nitrogen and oxygen atoms in total. The van der Waals surface area contributed by atoms with Crippen LogP contribution in [0.1, 0.15) is 52.7 Å². The van der Waals surface area contributed by atoms with Gasteiger partial charge in [-0.2, -0.15) is 0 Å². The number of rotatable bonds is 5. The van der Waals surface area contributed by atoms with Crippen LogP contribution in [-0.2, 0) is 22.0 Å². The number of imide groups is 1. The van der Waals surface area contributed by atoms with Gasteiger partial charge in [-0.25, -0.2) is 8.42 Å². The number of nitrogens with one attached hydrogen (secondary N) is 1. The molecule has 0 saturated carbocycles. The molecule has 2 aromatic carbocycles. The average Bonchev–Trinajstić information content (AvgIpc) is 3.02. The number of sulfonamides is 1. The third-order valence-electron chi connectivity index (χ3n) is 5.39. The van der Waals surface area contributed by atoms with E-state index >= 15 is 0 Å². The van der Waals surface area contributed by atoms with Crippen molar-refractivity contribution in [3.8, 4) is 0 Å². The average molecular weight is 484 g/mol. The molecule has 0 unspecified atom stereocenters. The standard InChI is InChI=1S/C24H22ClN3O4S/c1-24(2,3)15-7-9-17(10-8-15)33(31,32)27-19-12-11-18(25)20-21(19)23(30)28(22(20)29)14-16-6-4-5-13-26-16/h4-13,27H,14H2,1-3H3. The fraction of sp³-hybridized carbons (Fsp3) is 0.208. The molecule has 0 radical (unpaired) electrons. The highest BCUT2D eigenvalue weighted by molar-refractivity contribution is 7.92. The molecule has 0 aliphatic carbocycles. The summed E-state index contributed by atoms with van der Waals surface area (Å²) in [5.41, 5.74) is 1.27. The van der Waals surface area contributed by atoms with E-state index in [0.29, 0.717) is 5.69 Å². The van der Waals surface area contributed by atoms with Gasteiger partial charge in [0, 0.05) is 6.20 Å². The molecule has 0 fully saturated rings. The fourth-order valence-corrected chi connectivity index (χ4v) is 4.90. The molecule has 0 saturated heterocycles. The lowest BCUT2D eigenvalue weighted by Gasteiger charge is -2.19. The first-order valence-corrected chi connectivity index (χ1v) is 12.1. The molecule has 2 amide bonds. The summed E-state index contributed by atoms with van der Waals surface area (Å²) in [7, 11) is -4.01. The topological polar surface area (TPSA) is 96.4 Å². The van der Waals surface area contributed by atoms with Gasteiger partial charge in [0.2, 0.25) is 0 Å². The van der Waals surface area contributed by atoms with Crippen LogP contribution in [0.25, 0.3) is 0 Å². The van der Waals surface area contributed by atoms with E-state index in [2.05, 4.69) is 9.71 Å². The second-order valence-electron chi connectivity index (χ2n) is 8.74. The number of hydrogen-bond donors (Lipinski definition) is 1. The number of carbonyl (C=O) groups excluding carboxylic acids is 2. The number of aromatic nitrogens is 1. The summed E-state index contributed by atoms with van der Waals surface area (Å²) < 4.78 is 28.5. The van der Waals surface area contributed by atoms with Gasteiger partial charge in [0.1, 0.15) is 0 Å². The summed E-state index contributed by atoms with van der Waals surface area (Å²) in [4.78, 5) is 31.3. The summed E-state index contributed by atoms with van der Waals surface area (Å²) in [6, 6.07) is 14.5. The maximum atomic E-state index is 13.1. The van der Waals surface area contributed by atoms with Crippen LogP contribution in [0.3, 0.4) is 0 Å². The second kappa shape index (κ2) is 8.28. The van der Waals surface area contributed by atoms with Gasteiger partial charge in [-0.05, 0) is 47.4 Å². The van der Waals surface area contributed by atoms with E-state index in [0.717, 1.165) is 10.5 Å². The Hall–Kier alpha value is -3.23. The quantitative estimate of drug-likeness (QED) is 0.534. The monoisotopic (exact) mass is 483 g/mol. The Labute approximate surface area is 197 Å². The third kappa shape index (κ3) is 4.36. The first kappa shape index (κ1) is 22.9. The van der Waals surface area contributed by atoms with Gasteiger partial charge < -0.3 is 0 Å². The number of pyridine rings is 1. The molecule has 2 heterocycles. The molecule has 0 bridgehead atoms. The summed E-state index contributed by atoms with van der Waals surface area (Å²) in [6.45, 7) is 6.05. The van der Waals surface area contributed by atoms with Crippen molar-refractivity contribution in [3.63, 3.8) is 0 Å². The van der Waals surface area contributed by atoms with Crippen molar-refractivity contribution in [1.29, 1.82) is 0 Å². The van der Waals surface area contributed by atoms with E-state index in [1.54, 1.807) is 36.5 Å². The Morgan fingerprint density at radius 2 is 1.61 bits per heavy atom. The summed E-state index contributed by atoms with van der Waals surface area (Å²) in [5, 5.41) is 0.0735. The highest BCUT2D eigenvalue weighted by Gasteiger charge is 2.40. The number of amides is 2. The predicted molar refractivity (Wildman–Crippen MR) is 126 cm³/mol. The van der Waals surface area contributed by atoms with Crippen molar-refractivity contribution in [2.45, 2.75) is 37.6 Å².